The summed E-state index contributed by atoms with van der Waals surface area (Å²) in [6.07, 6.45) is 2.71. The van der Waals surface area contributed by atoms with Crippen LogP contribution in [0.3, 0.4) is 0 Å². The van der Waals surface area contributed by atoms with Crippen LogP contribution in [0, 0.1) is 0 Å². The third-order valence-corrected chi connectivity index (χ3v) is 5.07. The van der Waals surface area contributed by atoms with Crippen molar-refractivity contribution in [1.82, 2.24) is 4.90 Å². The Kier molecular flexibility index (Phi) is 7.21. The number of carbonyl (C=O) groups excluding carboxylic acids is 2. The summed E-state index contributed by atoms with van der Waals surface area (Å²) in [5.41, 5.74) is 2.43. The van der Waals surface area contributed by atoms with Gasteiger partial charge in [0.1, 0.15) is 5.75 Å². The standard InChI is InChI=1S/C23H26N2O5/c26-19-9-3-17(4-10-19)5-11-22(29)24-18-7-1-16(2-8-18)6-12-23(30)25-14-13-20(27)21(28)15-25/h1-5,7-11,20-21,26-28H,6,12-15H2,(H,24,29)/b11-5+/t20-,21+/m0/s1. The number of aromatic hydroxyl groups is 1. The zero-order chi connectivity index (χ0) is 21.5. The first kappa shape index (κ1) is 21.5. The molecule has 1 saturated heterocycles. The van der Waals surface area contributed by atoms with E-state index in [-0.39, 0.29) is 24.1 Å². The molecule has 2 amide bonds. The monoisotopic (exact) mass is 410 g/mol. The minimum Gasteiger partial charge on any atom is -0.508 e. The average molecular weight is 410 g/mol. The molecule has 0 aromatic heterocycles. The van der Waals surface area contributed by atoms with Gasteiger partial charge in [0.2, 0.25) is 11.8 Å². The Morgan fingerprint density at radius 1 is 1.03 bits per heavy atom. The molecule has 0 aliphatic carbocycles. The van der Waals surface area contributed by atoms with Gasteiger partial charge >= 0.3 is 0 Å². The van der Waals surface area contributed by atoms with Crippen molar-refractivity contribution < 1.29 is 24.9 Å². The van der Waals surface area contributed by atoms with Gasteiger partial charge in [0.15, 0.2) is 0 Å². The maximum absolute atomic E-state index is 12.3. The first-order valence-electron chi connectivity index (χ1n) is 9.91. The molecular formula is C23H26N2O5. The van der Waals surface area contributed by atoms with Gasteiger partial charge in [-0.1, -0.05) is 24.3 Å². The van der Waals surface area contributed by atoms with Crippen molar-refractivity contribution in [2.24, 2.45) is 0 Å². The van der Waals surface area contributed by atoms with Crippen LogP contribution >= 0.6 is 0 Å². The average Bonchev–Trinajstić information content (AvgIpc) is 2.74. The zero-order valence-corrected chi connectivity index (χ0v) is 16.6. The maximum Gasteiger partial charge on any atom is 0.248 e. The molecule has 0 radical (unpaired) electrons. The van der Waals surface area contributed by atoms with Gasteiger partial charge in [-0.3, -0.25) is 9.59 Å². The molecule has 4 N–H and O–H groups in total. The lowest BCUT2D eigenvalue weighted by Gasteiger charge is -2.33. The number of likely N-dealkylation sites (tertiary alicyclic amines) is 1. The fourth-order valence-corrected chi connectivity index (χ4v) is 3.25. The summed E-state index contributed by atoms with van der Waals surface area (Å²) in [6.45, 7) is 0.627. The van der Waals surface area contributed by atoms with E-state index >= 15 is 0 Å². The minimum atomic E-state index is -0.881. The number of aliphatic hydroxyl groups excluding tert-OH is 2. The molecule has 0 saturated carbocycles. The van der Waals surface area contributed by atoms with Crippen LogP contribution in [0.2, 0.25) is 0 Å². The molecule has 1 aliphatic heterocycles. The highest BCUT2D eigenvalue weighted by molar-refractivity contribution is 6.01. The van der Waals surface area contributed by atoms with Gasteiger partial charge < -0.3 is 25.5 Å². The molecule has 7 heteroatoms. The summed E-state index contributed by atoms with van der Waals surface area (Å²) < 4.78 is 0. The van der Waals surface area contributed by atoms with E-state index in [1.165, 1.54) is 6.08 Å². The summed E-state index contributed by atoms with van der Waals surface area (Å²) in [7, 11) is 0. The molecule has 1 fully saturated rings. The number of β-amino-alcohol motifs (C(OH)–C–C–N with tert-alkyl or cyclic N) is 1. The SMILES string of the molecule is O=C(/C=C/c1ccc(O)cc1)Nc1ccc(CCC(=O)N2CC[C@H](O)[C@H](O)C2)cc1. The lowest BCUT2D eigenvalue weighted by molar-refractivity contribution is -0.137. The van der Waals surface area contributed by atoms with Crippen LogP contribution in [0.15, 0.2) is 54.6 Å². The van der Waals surface area contributed by atoms with E-state index in [2.05, 4.69) is 5.32 Å². The van der Waals surface area contributed by atoms with Gasteiger partial charge in [-0.2, -0.15) is 0 Å². The second-order valence-corrected chi connectivity index (χ2v) is 7.37. The molecular weight excluding hydrogens is 384 g/mol. The second-order valence-electron chi connectivity index (χ2n) is 7.37. The van der Waals surface area contributed by atoms with Gasteiger partial charge in [-0.15, -0.1) is 0 Å². The summed E-state index contributed by atoms with van der Waals surface area (Å²) in [4.78, 5) is 25.9. The minimum absolute atomic E-state index is 0.0438. The van der Waals surface area contributed by atoms with Gasteiger partial charge in [-0.25, -0.2) is 0 Å². The number of benzene rings is 2. The van der Waals surface area contributed by atoms with E-state index in [1.54, 1.807) is 47.4 Å². The van der Waals surface area contributed by atoms with Gasteiger partial charge in [0.05, 0.1) is 12.2 Å². The van der Waals surface area contributed by atoms with Crippen molar-refractivity contribution in [3.05, 3.63) is 65.7 Å². The Balaban J connectivity index is 1.46. The third kappa shape index (κ3) is 6.17. The highest BCUT2D eigenvalue weighted by atomic mass is 16.3. The summed E-state index contributed by atoms with van der Waals surface area (Å²) in [5.74, 6) is -0.139. The number of amides is 2. The number of carbonyl (C=O) groups is 2. The van der Waals surface area contributed by atoms with E-state index in [0.717, 1.165) is 11.1 Å². The number of phenols is 1. The first-order valence-corrected chi connectivity index (χ1v) is 9.91. The van der Waals surface area contributed by atoms with E-state index < -0.39 is 12.2 Å². The number of aryl methyl sites for hydroxylation is 1. The normalized spacial score (nSPS) is 19.1. The van der Waals surface area contributed by atoms with Crippen LogP contribution in [0.4, 0.5) is 5.69 Å². The number of hydrogen-bond donors (Lipinski definition) is 4. The molecule has 30 heavy (non-hydrogen) atoms. The largest absolute Gasteiger partial charge is 0.508 e. The molecule has 0 bridgehead atoms. The van der Waals surface area contributed by atoms with Gasteiger partial charge in [0.25, 0.3) is 0 Å². The molecule has 158 valence electrons. The molecule has 3 rings (SSSR count). The lowest BCUT2D eigenvalue weighted by Crippen LogP contribution is -2.49. The van der Waals surface area contributed by atoms with E-state index in [1.807, 2.05) is 12.1 Å². The molecule has 2 atom stereocenters. The highest BCUT2D eigenvalue weighted by Gasteiger charge is 2.28. The maximum atomic E-state index is 12.3. The third-order valence-electron chi connectivity index (χ3n) is 5.07. The van der Waals surface area contributed by atoms with Crippen molar-refractivity contribution in [3.63, 3.8) is 0 Å². The predicted octanol–water partition coefficient (Wildman–Crippen LogP) is 1.93. The number of hydrogen-bond acceptors (Lipinski definition) is 5. The summed E-state index contributed by atoms with van der Waals surface area (Å²) >= 11 is 0. The molecule has 2 aromatic carbocycles. The van der Waals surface area contributed by atoms with E-state index in [4.69, 9.17) is 0 Å². The van der Waals surface area contributed by atoms with Crippen LogP contribution in [-0.4, -0.2) is 57.3 Å². The van der Waals surface area contributed by atoms with Crippen LogP contribution in [0.1, 0.15) is 24.0 Å². The molecule has 2 aromatic rings. The Morgan fingerprint density at radius 2 is 1.73 bits per heavy atom. The lowest BCUT2D eigenvalue weighted by atomic mass is 10.0. The number of piperidine rings is 1. The number of anilines is 1. The van der Waals surface area contributed by atoms with Crippen LogP contribution in [0.25, 0.3) is 6.08 Å². The number of phenolic OH excluding ortho intramolecular Hbond substituents is 1. The summed E-state index contributed by atoms with van der Waals surface area (Å²) in [5, 5.41) is 31.3. The number of nitrogens with one attached hydrogen (secondary N) is 1. The Morgan fingerprint density at radius 3 is 2.40 bits per heavy atom. The Labute approximate surface area is 175 Å². The number of rotatable bonds is 6. The molecule has 7 nitrogen and oxygen atoms in total. The molecule has 0 spiro atoms. The predicted molar refractivity (Wildman–Crippen MR) is 114 cm³/mol. The Hall–Kier alpha value is -3.16. The second kappa shape index (κ2) is 10.0. The van der Waals surface area contributed by atoms with Crippen molar-refractivity contribution in [3.8, 4) is 5.75 Å². The van der Waals surface area contributed by atoms with Crippen LogP contribution in [0.5, 0.6) is 5.75 Å². The molecule has 1 aliphatic rings. The zero-order valence-electron chi connectivity index (χ0n) is 16.6. The smallest absolute Gasteiger partial charge is 0.248 e. The van der Waals surface area contributed by atoms with Crippen molar-refractivity contribution in [2.75, 3.05) is 18.4 Å². The van der Waals surface area contributed by atoms with Crippen molar-refractivity contribution >= 4 is 23.6 Å². The fourth-order valence-electron chi connectivity index (χ4n) is 3.25. The van der Waals surface area contributed by atoms with Crippen molar-refractivity contribution in [2.45, 2.75) is 31.5 Å². The van der Waals surface area contributed by atoms with E-state index in [9.17, 15) is 24.9 Å². The fraction of sp³-hybridized carbons (Fsp3) is 0.304. The Bertz CT molecular complexity index is 893. The number of aliphatic hydroxyl groups is 2. The van der Waals surface area contributed by atoms with Crippen LogP contribution < -0.4 is 5.32 Å². The number of nitrogens with zero attached hydrogens (tertiary/aromatic N) is 1. The molecule has 0 unspecified atom stereocenters. The highest BCUT2D eigenvalue weighted by Crippen LogP contribution is 2.15. The molecule has 1 heterocycles. The quantitative estimate of drug-likeness (QED) is 0.544. The van der Waals surface area contributed by atoms with Crippen LogP contribution in [-0.2, 0) is 16.0 Å². The van der Waals surface area contributed by atoms with Gasteiger partial charge in [0, 0.05) is 31.3 Å². The van der Waals surface area contributed by atoms with Gasteiger partial charge in [-0.05, 0) is 54.3 Å². The summed E-state index contributed by atoms with van der Waals surface area (Å²) in [6, 6.07) is 13.8. The first-order chi connectivity index (χ1) is 14.4. The van der Waals surface area contributed by atoms with Crippen molar-refractivity contribution in [1.29, 1.82) is 0 Å². The van der Waals surface area contributed by atoms with E-state index in [0.29, 0.717) is 31.5 Å². The topological polar surface area (TPSA) is 110 Å².